The summed E-state index contributed by atoms with van der Waals surface area (Å²) in [5, 5.41) is 16.8. The van der Waals surface area contributed by atoms with E-state index in [1.165, 1.54) is 17.8 Å². The number of ether oxygens (including phenoxy) is 1. The number of carboxylic acids is 1. The van der Waals surface area contributed by atoms with Crippen LogP contribution in [0.4, 0.5) is 0 Å². The van der Waals surface area contributed by atoms with Crippen molar-refractivity contribution in [1.29, 1.82) is 0 Å². The van der Waals surface area contributed by atoms with Crippen LogP contribution in [0.1, 0.15) is 10.5 Å². The van der Waals surface area contributed by atoms with Gasteiger partial charge < -0.3 is 9.84 Å². The maximum absolute atomic E-state index is 10.6. The number of rotatable bonds is 4. The van der Waals surface area contributed by atoms with Gasteiger partial charge in [0.2, 0.25) is 0 Å². The van der Waals surface area contributed by atoms with Crippen molar-refractivity contribution in [3.63, 3.8) is 0 Å². The number of aromatic nitrogens is 2. The van der Waals surface area contributed by atoms with Crippen molar-refractivity contribution in [3.8, 4) is 5.75 Å². The van der Waals surface area contributed by atoms with Gasteiger partial charge in [0, 0.05) is 0 Å². The average Bonchev–Trinajstić information content (AvgIpc) is 2.40. The standard InChI is InChI=1S/C12H10N2O3S/c1-17-9-4-2-3-5-10(9)18-11-7-6-8(12(15)16)13-14-11/h2-7H,1H3,(H,15,16). The molecule has 2 rings (SSSR count). The molecule has 1 aromatic carbocycles. The topological polar surface area (TPSA) is 72.3 Å². The number of benzene rings is 1. The minimum Gasteiger partial charge on any atom is -0.496 e. The molecule has 0 atom stereocenters. The van der Waals surface area contributed by atoms with E-state index in [4.69, 9.17) is 9.84 Å². The van der Waals surface area contributed by atoms with Crippen LogP contribution in [-0.2, 0) is 0 Å². The molecule has 0 saturated heterocycles. The molecule has 6 heteroatoms. The van der Waals surface area contributed by atoms with Gasteiger partial charge in [0.1, 0.15) is 10.8 Å². The minimum absolute atomic E-state index is 0.0700. The molecule has 1 heterocycles. The SMILES string of the molecule is COc1ccccc1Sc1ccc(C(=O)O)nn1. The van der Waals surface area contributed by atoms with Gasteiger partial charge in [-0.25, -0.2) is 4.79 Å². The third-order valence-corrected chi connectivity index (χ3v) is 3.13. The van der Waals surface area contributed by atoms with Crippen LogP contribution in [0.2, 0.25) is 0 Å². The molecule has 0 fully saturated rings. The highest BCUT2D eigenvalue weighted by Crippen LogP contribution is 2.33. The van der Waals surface area contributed by atoms with E-state index in [0.717, 1.165) is 10.6 Å². The number of aromatic carboxylic acids is 1. The molecule has 0 saturated carbocycles. The molecule has 0 aliphatic rings. The second kappa shape index (κ2) is 5.50. The fourth-order valence-corrected chi connectivity index (χ4v) is 2.15. The first kappa shape index (κ1) is 12.4. The molecule has 1 N–H and O–H groups in total. The third-order valence-electron chi connectivity index (χ3n) is 2.14. The summed E-state index contributed by atoms with van der Waals surface area (Å²) in [7, 11) is 1.60. The Labute approximate surface area is 108 Å². The van der Waals surface area contributed by atoms with Gasteiger partial charge in [0.05, 0.1) is 12.0 Å². The Hall–Kier alpha value is -2.08. The van der Waals surface area contributed by atoms with E-state index in [9.17, 15) is 4.79 Å². The molecule has 0 aliphatic carbocycles. The van der Waals surface area contributed by atoms with Crippen LogP contribution < -0.4 is 4.74 Å². The monoisotopic (exact) mass is 262 g/mol. The molecule has 0 bridgehead atoms. The van der Waals surface area contributed by atoms with Crippen molar-refractivity contribution in [1.82, 2.24) is 10.2 Å². The van der Waals surface area contributed by atoms with E-state index < -0.39 is 5.97 Å². The average molecular weight is 262 g/mol. The lowest BCUT2D eigenvalue weighted by Gasteiger charge is -2.06. The van der Waals surface area contributed by atoms with E-state index in [-0.39, 0.29) is 5.69 Å². The first-order valence-corrected chi connectivity index (χ1v) is 5.90. The summed E-state index contributed by atoms with van der Waals surface area (Å²) in [6.45, 7) is 0. The molecule has 0 radical (unpaired) electrons. The highest BCUT2D eigenvalue weighted by molar-refractivity contribution is 7.99. The lowest BCUT2D eigenvalue weighted by molar-refractivity contribution is 0.0689. The van der Waals surface area contributed by atoms with Crippen LogP contribution in [0, 0.1) is 0 Å². The largest absolute Gasteiger partial charge is 0.496 e. The van der Waals surface area contributed by atoms with Crippen LogP contribution in [0.3, 0.4) is 0 Å². The molecular formula is C12H10N2O3S. The number of carbonyl (C=O) groups is 1. The fourth-order valence-electron chi connectivity index (χ4n) is 1.30. The van der Waals surface area contributed by atoms with Crippen LogP contribution >= 0.6 is 11.8 Å². The van der Waals surface area contributed by atoms with E-state index in [0.29, 0.717) is 5.03 Å². The lowest BCUT2D eigenvalue weighted by atomic mass is 10.3. The molecule has 5 nitrogen and oxygen atoms in total. The molecule has 1 aromatic heterocycles. The first-order chi connectivity index (χ1) is 8.70. The van der Waals surface area contributed by atoms with Gasteiger partial charge in [-0.1, -0.05) is 23.9 Å². The zero-order valence-corrected chi connectivity index (χ0v) is 10.3. The number of hydrogen-bond donors (Lipinski definition) is 1. The Morgan fingerprint density at radius 2 is 2.00 bits per heavy atom. The number of nitrogens with zero attached hydrogens (tertiary/aromatic N) is 2. The maximum atomic E-state index is 10.6. The highest BCUT2D eigenvalue weighted by Gasteiger charge is 2.08. The summed E-state index contributed by atoms with van der Waals surface area (Å²) in [4.78, 5) is 11.5. The summed E-state index contributed by atoms with van der Waals surface area (Å²) in [6, 6.07) is 10.6. The van der Waals surface area contributed by atoms with Crippen molar-refractivity contribution in [2.24, 2.45) is 0 Å². The molecule has 0 amide bonds. The van der Waals surface area contributed by atoms with Gasteiger partial charge in [-0.3, -0.25) is 0 Å². The Kier molecular flexibility index (Phi) is 3.78. The summed E-state index contributed by atoms with van der Waals surface area (Å²) < 4.78 is 5.22. The van der Waals surface area contributed by atoms with Gasteiger partial charge >= 0.3 is 5.97 Å². The van der Waals surface area contributed by atoms with Gasteiger partial charge in [-0.05, 0) is 24.3 Å². The quantitative estimate of drug-likeness (QED) is 0.911. The highest BCUT2D eigenvalue weighted by atomic mass is 32.2. The van der Waals surface area contributed by atoms with Crippen LogP contribution in [0.25, 0.3) is 0 Å². The van der Waals surface area contributed by atoms with Crippen LogP contribution in [-0.4, -0.2) is 28.4 Å². The van der Waals surface area contributed by atoms with Crippen LogP contribution in [0.15, 0.2) is 46.3 Å². The number of methoxy groups -OCH3 is 1. The molecule has 0 unspecified atom stereocenters. The predicted molar refractivity (Wildman–Crippen MR) is 66.1 cm³/mol. The molecule has 0 aliphatic heterocycles. The molecule has 0 spiro atoms. The zero-order chi connectivity index (χ0) is 13.0. The van der Waals surface area contributed by atoms with Crippen molar-refractivity contribution in [3.05, 3.63) is 42.1 Å². The van der Waals surface area contributed by atoms with Crippen molar-refractivity contribution >= 4 is 17.7 Å². The Morgan fingerprint density at radius 1 is 1.22 bits per heavy atom. The molecule has 92 valence electrons. The fraction of sp³-hybridized carbons (Fsp3) is 0.0833. The summed E-state index contributed by atoms with van der Waals surface area (Å²) in [6.07, 6.45) is 0. The van der Waals surface area contributed by atoms with Gasteiger partial charge in [0.15, 0.2) is 5.69 Å². The Bertz CT molecular complexity index is 558. The molecular weight excluding hydrogens is 252 g/mol. The van der Waals surface area contributed by atoms with E-state index in [2.05, 4.69) is 10.2 Å². The zero-order valence-electron chi connectivity index (χ0n) is 9.53. The van der Waals surface area contributed by atoms with E-state index >= 15 is 0 Å². The number of hydrogen-bond acceptors (Lipinski definition) is 5. The summed E-state index contributed by atoms with van der Waals surface area (Å²) >= 11 is 1.37. The smallest absolute Gasteiger partial charge is 0.356 e. The number of para-hydroxylation sites is 1. The second-order valence-electron chi connectivity index (χ2n) is 3.31. The Morgan fingerprint density at radius 3 is 2.61 bits per heavy atom. The van der Waals surface area contributed by atoms with Crippen molar-refractivity contribution in [2.75, 3.05) is 7.11 Å². The van der Waals surface area contributed by atoms with Gasteiger partial charge in [0.25, 0.3) is 0 Å². The normalized spacial score (nSPS) is 10.1. The molecule has 18 heavy (non-hydrogen) atoms. The summed E-state index contributed by atoms with van der Waals surface area (Å²) in [5.41, 5.74) is -0.0700. The van der Waals surface area contributed by atoms with Crippen LogP contribution in [0.5, 0.6) is 5.75 Å². The van der Waals surface area contributed by atoms with Gasteiger partial charge in [-0.15, -0.1) is 10.2 Å². The third kappa shape index (κ3) is 2.78. The molecule has 2 aromatic rings. The first-order valence-electron chi connectivity index (χ1n) is 5.08. The van der Waals surface area contributed by atoms with Gasteiger partial charge in [-0.2, -0.15) is 0 Å². The van der Waals surface area contributed by atoms with Crippen molar-refractivity contribution in [2.45, 2.75) is 9.92 Å². The Balaban J connectivity index is 2.21. The maximum Gasteiger partial charge on any atom is 0.356 e. The van der Waals surface area contributed by atoms with E-state index in [1.807, 2.05) is 24.3 Å². The minimum atomic E-state index is -1.09. The van der Waals surface area contributed by atoms with E-state index in [1.54, 1.807) is 13.2 Å². The second-order valence-corrected chi connectivity index (χ2v) is 4.38. The van der Waals surface area contributed by atoms with Crippen molar-refractivity contribution < 1.29 is 14.6 Å². The number of carboxylic acid groups (broad SMARTS) is 1. The predicted octanol–water partition coefficient (Wildman–Crippen LogP) is 2.33. The lowest BCUT2D eigenvalue weighted by Crippen LogP contribution is -2.01. The summed E-state index contributed by atoms with van der Waals surface area (Å²) in [5.74, 6) is -0.344.